The first-order valence-electron chi connectivity index (χ1n) is 6.76. The van der Waals surface area contributed by atoms with E-state index in [-0.39, 0.29) is 0 Å². The normalized spacial score (nSPS) is 17.9. The highest BCUT2D eigenvalue weighted by molar-refractivity contribution is 5.50. The molecule has 94 valence electrons. The quantitative estimate of drug-likeness (QED) is 0.838. The summed E-state index contributed by atoms with van der Waals surface area (Å²) >= 11 is 0. The largest absolute Gasteiger partial charge is 0.371 e. The van der Waals surface area contributed by atoms with Crippen LogP contribution in [0.3, 0.4) is 0 Å². The van der Waals surface area contributed by atoms with Crippen LogP contribution in [0.15, 0.2) is 24.3 Å². The Balaban J connectivity index is 1.91. The lowest BCUT2D eigenvalue weighted by atomic mass is 9.94. The van der Waals surface area contributed by atoms with Crippen LogP contribution in [0.2, 0.25) is 0 Å². The van der Waals surface area contributed by atoms with Crippen LogP contribution in [0.4, 0.5) is 5.69 Å². The van der Waals surface area contributed by atoms with E-state index >= 15 is 0 Å². The van der Waals surface area contributed by atoms with E-state index < -0.39 is 0 Å². The molecular weight excluding hydrogens is 208 g/mol. The van der Waals surface area contributed by atoms with Gasteiger partial charge in [-0.2, -0.15) is 0 Å². The molecule has 2 nitrogen and oxygen atoms in total. The van der Waals surface area contributed by atoms with Crippen LogP contribution in [-0.4, -0.2) is 20.1 Å². The van der Waals surface area contributed by atoms with Gasteiger partial charge in [-0.1, -0.05) is 25.5 Å². The number of benzene rings is 1. The summed E-state index contributed by atoms with van der Waals surface area (Å²) in [5, 5.41) is 3.27. The lowest BCUT2D eigenvalue weighted by Gasteiger charge is -2.41. The van der Waals surface area contributed by atoms with E-state index in [2.05, 4.69) is 48.3 Å². The van der Waals surface area contributed by atoms with Gasteiger partial charge in [0.05, 0.1) is 0 Å². The van der Waals surface area contributed by atoms with Crippen molar-refractivity contribution in [2.24, 2.45) is 5.92 Å². The number of rotatable bonds is 5. The zero-order valence-corrected chi connectivity index (χ0v) is 11.2. The van der Waals surface area contributed by atoms with Crippen molar-refractivity contribution >= 4 is 5.69 Å². The Bertz CT molecular complexity index is 338. The van der Waals surface area contributed by atoms with Gasteiger partial charge in [0.1, 0.15) is 0 Å². The maximum absolute atomic E-state index is 3.27. The molecule has 1 heterocycles. The highest BCUT2D eigenvalue weighted by atomic mass is 15.2. The van der Waals surface area contributed by atoms with Crippen molar-refractivity contribution in [2.75, 3.05) is 25.0 Å². The molecule has 1 aromatic rings. The second kappa shape index (κ2) is 5.54. The summed E-state index contributed by atoms with van der Waals surface area (Å²) in [5.74, 6) is 0.927. The summed E-state index contributed by atoms with van der Waals surface area (Å²) in [5.41, 5.74) is 2.74. The van der Waals surface area contributed by atoms with Crippen molar-refractivity contribution in [3.05, 3.63) is 29.8 Å². The fourth-order valence-electron chi connectivity index (χ4n) is 2.51. The smallest absolute Gasteiger partial charge is 0.0366 e. The summed E-state index contributed by atoms with van der Waals surface area (Å²) < 4.78 is 0. The fourth-order valence-corrected chi connectivity index (χ4v) is 2.51. The van der Waals surface area contributed by atoms with Gasteiger partial charge in [-0.25, -0.2) is 0 Å². The van der Waals surface area contributed by atoms with Gasteiger partial charge in [0.2, 0.25) is 0 Å². The zero-order chi connectivity index (χ0) is 12.3. The van der Waals surface area contributed by atoms with Gasteiger partial charge in [0.15, 0.2) is 0 Å². The van der Waals surface area contributed by atoms with Crippen molar-refractivity contribution in [1.29, 1.82) is 0 Å². The van der Waals surface area contributed by atoms with Crippen LogP contribution in [0.1, 0.15) is 38.3 Å². The Hall–Kier alpha value is -1.02. The van der Waals surface area contributed by atoms with E-state index in [4.69, 9.17) is 0 Å². The molecule has 1 aromatic carbocycles. The third-order valence-electron chi connectivity index (χ3n) is 3.85. The van der Waals surface area contributed by atoms with Gasteiger partial charge < -0.3 is 10.2 Å². The Kier molecular flexibility index (Phi) is 4.06. The molecule has 0 spiro atoms. The van der Waals surface area contributed by atoms with Gasteiger partial charge in [0, 0.05) is 24.8 Å². The van der Waals surface area contributed by atoms with Gasteiger partial charge in [-0.15, -0.1) is 0 Å². The van der Waals surface area contributed by atoms with Crippen molar-refractivity contribution in [3.63, 3.8) is 0 Å². The molecule has 1 atom stereocenters. The minimum absolute atomic E-state index is 0.438. The average molecular weight is 232 g/mol. The second-order valence-electron chi connectivity index (χ2n) is 5.16. The molecule has 1 saturated heterocycles. The lowest BCUT2D eigenvalue weighted by molar-refractivity contribution is 0.380. The first-order chi connectivity index (χ1) is 8.24. The van der Waals surface area contributed by atoms with E-state index in [0.29, 0.717) is 6.04 Å². The number of hydrogen-bond acceptors (Lipinski definition) is 2. The molecule has 0 radical (unpaired) electrons. The number of hydrogen-bond donors (Lipinski definition) is 1. The molecule has 0 aromatic heterocycles. The van der Waals surface area contributed by atoms with Crippen LogP contribution in [0, 0.1) is 5.92 Å². The van der Waals surface area contributed by atoms with Crippen molar-refractivity contribution in [2.45, 2.75) is 32.7 Å². The standard InChI is InChI=1S/C15H24N2/c1-4-5-13-10-17(11-13)15-8-6-14(7-9-15)12(2)16-3/h6-9,12-13,16H,4-5,10-11H2,1-3H3. The number of nitrogens with zero attached hydrogens (tertiary/aromatic N) is 1. The van der Waals surface area contributed by atoms with E-state index in [0.717, 1.165) is 5.92 Å². The van der Waals surface area contributed by atoms with Crippen LogP contribution < -0.4 is 10.2 Å². The lowest BCUT2D eigenvalue weighted by Crippen LogP contribution is -2.46. The van der Waals surface area contributed by atoms with Gasteiger partial charge >= 0.3 is 0 Å². The summed E-state index contributed by atoms with van der Waals surface area (Å²) in [4.78, 5) is 2.48. The maximum atomic E-state index is 3.27. The summed E-state index contributed by atoms with van der Waals surface area (Å²) in [6.07, 6.45) is 2.70. The molecule has 1 fully saturated rings. The summed E-state index contributed by atoms with van der Waals surface area (Å²) in [7, 11) is 2.00. The summed E-state index contributed by atoms with van der Waals surface area (Å²) in [6, 6.07) is 9.43. The predicted octanol–water partition coefficient (Wildman–Crippen LogP) is 3.20. The van der Waals surface area contributed by atoms with Gasteiger partial charge in [0.25, 0.3) is 0 Å². The van der Waals surface area contributed by atoms with Gasteiger partial charge in [-0.05, 0) is 44.0 Å². The highest BCUT2D eigenvalue weighted by Gasteiger charge is 2.25. The Morgan fingerprint density at radius 1 is 1.29 bits per heavy atom. The molecule has 1 aliphatic rings. The SMILES string of the molecule is CCCC1CN(c2ccc(C(C)NC)cc2)C1. The van der Waals surface area contributed by atoms with E-state index in [1.54, 1.807) is 0 Å². The maximum Gasteiger partial charge on any atom is 0.0366 e. The first kappa shape index (κ1) is 12.4. The Labute approximate surface area is 105 Å². The topological polar surface area (TPSA) is 15.3 Å². The molecule has 1 unspecified atom stereocenters. The molecule has 0 aliphatic carbocycles. The Morgan fingerprint density at radius 3 is 2.47 bits per heavy atom. The van der Waals surface area contributed by atoms with Crippen LogP contribution in [0.25, 0.3) is 0 Å². The number of anilines is 1. The third kappa shape index (κ3) is 2.81. The van der Waals surface area contributed by atoms with Crippen LogP contribution in [-0.2, 0) is 0 Å². The average Bonchev–Trinajstić information content (AvgIpc) is 2.32. The van der Waals surface area contributed by atoms with Crippen LogP contribution >= 0.6 is 0 Å². The summed E-state index contributed by atoms with van der Waals surface area (Å²) in [6.45, 7) is 6.95. The first-order valence-corrected chi connectivity index (χ1v) is 6.76. The van der Waals surface area contributed by atoms with Crippen molar-refractivity contribution < 1.29 is 0 Å². The highest BCUT2D eigenvalue weighted by Crippen LogP contribution is 2.28. The minimum Gasteiger partial charge on any atom is -0.371 e. The molecule has 1 aliphatic heterocycles. The number of nitrogens with one attached hydrogen (secondary N) is 1. The zero-order valence-electron chi connectivity index (χ0n) is 11.2. The fraction of sp³-hybridized carbons (Fsp3) is 0.600. The van der Waals surface area contributed by atoms with Crippen molar-refractivity contribution in [1.82, 2.24) is 5.32 Å². The molecule has 2 heteroatoms. The molecule has 17 heavy (non-hydrogen) atoms. The molecule has 2 rings (SSSR count). The molecule has 0 bridgehead atoms. The van der Waals surface area contributed by atoms with Gasteiger partial charge in [-0.3, -0.25) is 0 Å². The monoisotopic (exact) mass is 232 g/mol. The van der Waals surface area contributed by atoms with Crippen LogP contribution in [0.5, 0.6) is 0 Å². The Morgan fingerprint density at radius 2 is 1.94 bits per heavy atom. The third-order valence-corrected chi connectivity index (χ3v) is 3.85. The molecular formula is C15H24N2. The molecule has 0 amide bonds. The van der Waals surface area contributed by atoms with E-state index in [1.165, 1.54) is 37.2 Å². The minimum atomic E-state index is 0.438. The van der Waals surface area contributed by atoms with E-state index in [9.17, 15) is 0 Å². The van der Waals surface area contributed by atoms with Crippen molar-refractivity contribution in [3.8, 4) is 0 Å². The van der Waals surface area contributed by atoms with E-state index in [1.807, 2.05) is 7.05 Å². The molecule has 0 saturated carbocycles. The predicted molar refractivity (Wildman–Crippen MR) is 74.5 cm³/mol. The second-order valence-corrected chi connectivity index (χ2v) is 5.16. The molecule has 1 N–H and O–H groups in total.